The zero-order valence-electron chi connectivity index (χ0n) is 26.6. The van der Waals surface area contributed by atoms with Gasteiger partial charge in [-0.2, -0.15) is 0 Å². The molecule has 6 N–H and O–H groups in total. The van der Waals surface area contributed by atoms with Crippen LogP contribution in [0.15, 0.2) is 0 Å². The summed E-state index contributed by atoms with van der Waals surface area (Å²) in [5, 5.41) is 5.53. The van der Waals surface area contributed by atoms with Crippen molar-refractivity contribution in [3.63, 3.8) is 0 Å². The van der Waals surface area contributed by atoms with E-state index < -0.39 is 54.5 Å². The molecule has 1 aliphatic rings. The van der Waals surface area contributed by atoms with Crippen molar-refractivity contribution < 1.29 is 57.2 Å². The zero-order chi connectivity index (χ0) is 33.7. The number of esters is 4. The number of hydrogen-bond acceptors (Lipinski definition) is 14. The van der Waals surface area contributed by atoms with Crippen LogP contribution >= 0.6 is 0 Å². The average Bonchev–Trinajstić information content (AvgIpc) is 2.94. The van der Waals surface area contributed by atoms with Crippen LogP contribution < -0.4 is 22.1 Å². The first-order valence-electron chi connectivity index (χ1n) is 14.5. The first kappa shape index (κ1) is 40.7. The molecule has 16 heteroatoms. The van der Waals surface area contributed by atoms with Gasteiger partial charge in [0.15, 0.2) is 18.5 Å². The predicted molar refractivity (Wildman–Crippen MR) is 155 cm³/mol. The highest BCUT2D eigenvalue weighted by Gasteiger charge is 2.51. The Morgan fingerprint density at radius 1 is 0.795 bits per heavy atom. The standard InChI is InChI=1S/C25H44N4O10.C3H6O2/c1-15(30)29-21-23(38-18(4)33)22(37-17(3)32)20(14-36-16(2)31)39-25(21)35-13-6-9-19(8-5-10-26)24(34)28-12-7-11-27;1-3(4)5-2/h19-23,25H,5-14,26-27H2,1-4H3,(H,28,34)(H,29,30);1-2H3/t19?,20-,21-,22+,23-,25-;/m1./s1. The molecule has 254 valence electrons. The van der Waals surface area contributed by atoms with E-state index in [1.54, 1.807) is 0 Å². The summed E-state index contributed by atoms with van der Waals surface area (Å²) < 4.78 is 31.9. The first-order chi connectivity index (χ1) is 20.8. The van der Waals surface area contributed by atoms with E-state index in [1.807, 2.05) is 0 Å². The summed E-state index contributed by atoms with van der Waals surface area (Å²) >= 11 is 0. The Morgan fingerprint density at radius 2 is 1.36 bits per heavy atom. The van der Waals surface area contributed by atoms with Gasteiger partial charge >= 0.3 is 23.9 Å². The predicted octanol–water partition coefficient (Wildman–Crippen LogP) is -0.561. The molecule has 0 spiro atoms. The van der Waals surface area contributed by atoms with Crippen molar-refractivity contribution in [2.24, 2.45) is 17.4 Å². The van der Waals surface area contributed by atoms with E-state index in [-0.39, 0.29) is 31.0 Å². The average molecular weight is 635 g/mol. The maximum atomic E-state index is 12.6. The molecule has 1 unspecified atom stereocenters. The molecule has 0 aromatic carbocycles. The Morgan fingerprint density at radius 3 is 1.86 bits per heavy atom. The number of ether oxygens (including phenoxy) is 6. The molecule has 2 amide bonds. The number of methoxy groups -OCH3 is 1. The van der Waals surface area contributed by atoms with Gasteiger partial charge < -0.3 is 50.5 Å². The van der Waals surface area contributed by atoms with Gasteiger partial charge in [0.1, 0.15) is 18.8 Å². The topological polar surface area (TPSA) is 234 Å². The third-order valence-electron chi connectivity index (χ3n) is 6.15. The molecule has 1 heterocycles. The van der Waals surface area contributed by atoms with E-state index in [4.69, 9.17) is 35.2 Å². The molecular formula is C28H50N4O12. The van der Waals surface area contributed by atoms with Gasteiger partial charge in [0.05, 0.1) is 7.11 Å². The summed E-state index contributed by atoms with van der Waals surface area (Å²) in [6, 6.07) is -1.04. The Bertz CT molecular complexity index is 919. The molecule has 6 atom stereocenters. The van der Waals surface area contributed by atoms with Crippen LogP contribution in [0.1, 0.15) is 66.7 Å². The second kappa shape index (κ2) is 23.1. The molecule has 1 fully saturated rings. The van der Waals surface area contributed by atoms with Gasteiger partial charge in [0, 0.05) is 53.7 Å². The number of amides is 2. The van der Waals surface area contributed by atoms with Gasteiger partial charge in [0.2, 0.25) is 11.8 Å². The lowest BCUT2D eigenvalue weighted by molar-refractivity contribution is -0.278. The van der Waals surface area contributed by atoms with Gasteiger partial charge in [0.25, 0.3) is 0 Å². The van der Waals surface area contributed by atoms with Crippen LogP contribution in [0.2, 0.25) is 0 Å². The maximum absolute atomic E-state index is 12.6. The van der Waals surface area contributed by atoms with Gasteiger partial charge in [-0.25, -0.2) is 0 Å². The molecule has 0 aromatic heterocycles. The fourth-order valence-electron chi connectivity index (χ4n) is 4.19. The van der Waals surface area contributed by atoms with Crippen LogP contribution in [0, 0.1) is 5.92 Å². The molecule has 0 aliphatic carbocycles. The smallest absolute Gasteiger partial charge is 0.303 e. The highest BCUT2D eigenvalue weighted by molar-refractivity contribution is 5.78. The Kier molecular flexibility index (Phi) is 21.3. The normalized spacial score (nSPS) is 21.4. The summed E-state index contributed by atoms with van der Waals surface area (Å²) in [5.74, 6) is -3.05. The first-order valence-corrected chi connectivity index (χ1v) is 14.5. The van der Waals surface area contributed by atoms with Gasteiger partial charge in [-0.15, -0.1) is 0 Å². The fourth-order valence-corrected chi connectivity index (χ4v) is 4.19. The van der Waals surface area contributed by atoms with Crippen LogP contribution in [0.4, 0.5) is 0 Å². The molecule has 1 rings (SSSR count). The summed E-state index contributed by atoms with van der Waals surface area (Å²) in [5.41, 5.74) is 11.1. The number of nitrogens with one attached hydrogen (secondary N) is 2. The van der Waals surface area contributed by atoms with Crippen molar-refractivity contribution >= 4 is 35.7 Å². The van der Waals surface area contributed by atoms with E-state index in [0.717, 1.165) is 6.92 Å². The molecule has 16 nitrogen and oxygen atoms in total. The second-order valence-corrected chi connectivity index (χ2v) is 9.99. The van der Waals surface area contributed by atoms with E-state index in [2.05, 4.69) is 15.4 Å². The van der Waals surface area contributed by atoms with Gasteiger partial charge in [-0.3, -0.25) is 28.8 Å². The fraction of sp³-hybridized carbons (Fsp3) is 0.786. The van der Waals surface area contributed by atoms with Crippen LogP contribution in [0.3, 0.4) is 0 Å². The number of carbonyl (C=O) groups excluding carboxylic acids is 6. The third kappa shape index (κ3) is 17.7. The van der Waals surface area contributed by atoms with Gasteiger partial charge in [-0.1, -0.05) is 0 Å². The van der Waals surface area contributed by atoms with Gasteiger partial charge in [-0.05, 0) is 45.2 Å². The minimum atomic E-state index is -1.19. The molecule has 0 saturated carbocycles. The molecule has 0 bridgehead atoms. The largest absolute Gasteiger partial charge is 0.469 e. The van der Waals surface area contributed by atoms with E-state index in [0.29, 0.717) is 51.7 Å². The van der Waals surface area contributed by atoms with Crippen molar-refractivity contribution in [1.82, 2.24) is 10.6 Å². The SMILES string of the molecule is CC(=O)N[C@H]1[C@H](OCCCC(CCCN)C(=O)NCCCN)O[C@H](COC(C)=O)[C@H](OC(C)=O)[C@@H]1OC(C)=O.COC(C)=O. The van der Waals surface area contributed by atoms with Crippen LogP contribution in [0.25, 0.3) is 0 Å². The summed E-state index contributed by atoms with van der Waals surface area (Å²) in [6.07, 6.45) is -1.64. The highest BCUT2D eigenvalue weighted by atomic mass is 16.7. The van der Waals surface area contributed by atoms with Crippen molar-refractivity contribution in [3.05, 3.63) is 0 Å². The van der Waals surface area contributed by atoms with Crippen molar-refractivity contribution in [3.8, 4) is 0 Å². The molecule has 0 aromatic rings. The molecular weight excluding hydrogens is 584 g/mol. The summed E-state index contributed by atoms with van der Waals surface area (Å²) in [7, 11) is 1.35. The van der Waals surface area contributed by atoms with E-state index in [1.165, 1.54) is 34.8 Å². The highest BCUT2D eigenvalue weighted by Crippen LogP contribution is 2.28. The quantitative estimate of drug-likeness (QED) is 0.0892. The minimum absolute atomic E-state index is 0.0810. The second-order valence-electron chi connectivity index (χ2n) is 9.99. The van der Waals surface area contributed by atoms with Crippen LogP contribution in [-0.2, 0) is 57.2 Å². The lowest BCUT2D eigenvalue weighted by atomic mass is 9.95. The lowest BCUT2D eigenvalue weighted by Gasteiger charge is -2.45. The number of carbonyl (C=O) groups is 6. The summed E-state index contributed by atoms with van der Waals surface area (Å²) in [4.78, 5) is 69.4. The van der Waals surface area contributed by atoms with Crippen LogP contribution in [0.5, 0.6) is 0 Å². The minimum Gasteiger partial charge on any atom is -0.469 e. The van der Waals surface area contributed by atoms with Crippen molar-refractivity contribution in [1.29, 1.82) is 0 Å². The van der Waals surface area contributed by atoms with Crippen LogP contribution in [-0.4, -0.2) is 106 Å². The zero-order valence-corrected chi connectivity index (χ0v) is 26.6. The monoisotopic (exact) mass is 634 g/mol. The molecule has 0 radical (unpaired) electrons. The Labute approximate surface area is 258 Å². The molecule has 1 aliphatic heterocycles. The number of rotatable bonds is 17. The van der Waals surface area contributed by atoms with Crippen molar-refractivity contribution in [2.75, 3.05) is 40.0 Å². The number of hydrogen-bond donors (Lipinski definition) is 4. The third-order valence-corrected chi connectivity index (χ3v) is 6.15. The lowest BCUT2D eigenvalue weighted by Crippen LogP contribution is -2.66. The maximum Gasteiger partial charge on any atom is 0.303 e. The Hall–Kier alpha value is -3.34. The number of nitrogens with two attached hydrogens (primary N) is 2. The molecule has 1 saturated heterocycles. The Balaban J connectivity index is 0.00000340. The summed E-state index contributed by atoms with van der Waals surface area (Å²) in [6.45, 7) is 7.39. The molecule has 44 heavy (non-hydrogen) atoms. The van der Waals surface area contributed by atoms with Crippen molar-refractivity contribution in [2.45, 2.75) is 97.4 Å². The van der Waals surface area contributed by atoms with E-state index in [9.17, 15) is 28.8 Å². The van der Waals surface area contributed by atoms with E-state index >= 15 is 0 Å².